The van der Waals surface area contributed by atoms with Gasteiger partial charge in [0, 0.05) is 6.54 Å². The molecule has 5 nitrogen and oxygen atoms in total. The fourth-order valence-electron chi connectivity index (χ4n) is 1.50. The first kappa shape index (κ1) is 11.8. The molecule has 4 N–H and O–H groups in total. The van der Waals surface area contributed by atoms with Gasteiger partial charge in [-0.2, -0.15) is 13.1 Å². The summed E-state index contributed by atoms with van der Waals surface area (Å²) >= 11 is 0. The fraction of sp³-hybridized carbons (Fsp3) is 1.00. The Morgan fingerprint density at radius 2 is 2.14 bits per heavy atom. The van der Waals surface area contributed by atoms with E-state index >= 15 is 0 Å². The molecule has 0 bridgehead atoms. The highest BCUT2D eigenvalue weighted by atomic mass is 32.2. The summed E-state index contributed by atoms with van der Waals surface area (Å²) in [7, 11) is -3.78. The van der Waals surface area contributed by atoms with Crippen molar-refractivity contribution < 1.29 is 12.8 Å². The van der Waals surface area contributed by atoms with E-state index in [2.05, 4.69) is 5.32 Å². The largest absolute Gasteiger partial charge is 0.317 e. The van der Waals surface area contributed by atoms with Gasteiger partial charge in [-0.1, -0.05) is 0 Å². The molecule has 1 aliphatic rings. The van der Waals surface area contributed by atoms with Gasteiger partial charge in [0.05, 0.1) is 0 Å². The Bertz CT molecular complexity index is 273. The summed E-state index contributed by atoms with van der Waals surface area (Å²) in [5.41, 5.74) is -1.46. The summed E-state index contributed by atoms with van der Waals surface area (Å²) in [6.07, 6.45) is 1.39. The number of alkyl halides is 1. The third-order valence-corrected chi connectivity index (χ3v) is 2.87. The molecule has 14 heavy (non-hydrogen) atoms. The molecule has 7 heteroatoms. The Morgan fingerprint density at radius 3 is 2.79 bits per heavy atom. The minimum absolute atomic E-state index is 0.229. The zero-order valence-corrected chi connectivity index (χ0v) is 8.74. The second-order valence-corrected chi connectivity index (χ2v) is 5.00. The van der Waals surface area contributed by atoms with Crippen molar-refractivity contribution in [2.45, 2.75) is 24.9 Å². The third kappa shape index (κ3) is 4.32. The molecule has 0 spiro atoms. The maximum absolute atomic E-state index is 13.9. The summed E-state index contributed by atoms with van der Waals surface area (Å²) in [4.78, 5) is 0. The van der Waals surface area contributed by atoms with E-state index in [1.807, 2.05) is 4.72 Å². The van der Waals surface area contributed by atoms with Crippen LogP contribution in [0.5, 0.6) is 0 Å². The van der Waals surface area contributed by atoms with Gasteiger partial charge in [0.2, 0.25) is 0 Å². The Morgan fingerprint density at radius 1 is 1.43 bits per heavy atom. The summed E-state index contributed by atoms with van der Waals surface area (Å²) in [5.74, 6) is 0. The molecule has 1 atom stereocenters. The molecule has 0 aliphatic carbocycles. The van der Waals surface area contributed by atoms with Gasteiger partial charge in [0.15, 0.2) is 0 Å². The highest BCUT2D eigenvalue weighted by Gasteiger charge is 2.31. The minimum atomic E-state index is -3.78. The lowest BCUT2D eigenvalue weighted by Crippen LogP contribution is -2.42. The number of hydrogen-bond acceptors (Lipinski definition) is 3. The fourth-order valence-corrected chi connectivity index (χ4v) is 1.96. The number of halogens is 1. The van der Waals surface area contributed by atoms with Crippen LogP contribution in [0.3, 0.4) is 0 Å². The highest BCUT2D eigenvalue weighted by Crippen LogP contribution is 2.23. The van der Waals surface area contributed by atoms with Crippen molar-refractivity contribution in [1.82, 2.24) is 10.0 Å². The maximum atomic E-state index is 13.9. The highest BCUT2D eigenvalue weighted by molar-refractivity contribution is 7.87. The molecule has 1 heterocycles. The monoisotopic (exact) mass is 225 g/mol. The molecule has 0 saturated carbocycles. The SMILES string of the molecule is NS(=O)(=O)NCC1(F)CCCNCC1. The number of nitrogens with one attached hydrogen (secondary N) is 2. The molecule has 0 aromatic rings. The maximum Gasteiger partial charge on any atom is 0.274 e. The summed E-state index contributed by atoms with van der Waals surface area (Å²) in [6, 6.07) is 0. The summed E-state index contributed by atoms with van der Waals surface area (Å²) < 4.78 is 37.1. The lowest BCUT2D eigenvalue weighted by molar-refractivity contribution is 0.149. The topological polar surface area (TPSA) is 84.2 Å². The minimum Gasteiger partial charge on any atom is -0.317 e. The van der Waals surface area contributed by atoms with Gasteiger partial charge in [0.1, 0.15) is 5.67 Å². The third-order valence-electron chi connectivity index (χ3n) is 2.32. The molecular formula is C7H16FN3O2S. The Labute approximate surface area is 83.4 Å². The van der Waals surface area contributed by atoms with E-state index in [1.165, 1.54) is 0 Å². The van der Waals surface area contributed by atoms with Crippen LogP contribution in [0, 0.1) is 0 Å². The van der Waals surface area contributed by atoms with Crippen LogP contribution >= 0.6 is 0 Å². The van der Waals surface area contributed by atoms with Crippen LogP contribution in [0.2, 0.25) is 0 Å². The Kier molecular flexibility index (Phi) is 3.82. The van der Waals surface area contributed by atoms with Crippen LogP contribution in [-0.4, -0.2) is 33.7 Å². The van der Waals surface area contributed by atoms with Crippen molar-refractivity contribution >= 4 is 10.2 Å². The number of nitrogens with two attached hydrogens (primary N) is 1. The van der Waals surface area contributed by atoms with E-state index in [0.29, 0.717) is 25.8 Å². The smallest absolute Gasteiger partial charge is 0.274 e. The van der Waals surface area contributed by atoms with Gasteiger partial charge < -0.3 is 5.32 Å². The molecule has 1 fully saturated rings. The molecule has 0 radical (unpaired) electrons. The quantitative estimate of drug-likeness (QED) is 0.591. The van der Waals surface area contributed by atoms with Crippen molar-refractivity contribution in [3.8, 4) is 0 Å². The van der Waals surface area contributed by atoms with Crippen LogP contribution in [0.25, 0.3) is 0 Å². The summed E-state index contributed by atoms with van der Waals surface area (Å²) in [6.45, 7) is 1.12. The average Bonchev–Trinajstić information content (AvgIpc) is 2.27. The van der Waals surface area contributed by atoms with Crippen molar-refractivity contribution in [2.24, 2.45) is 5.14 Å². The van der Waals surface area contributed by atoms with Crippen molar-refractivity contribution in [3.63, 3.8) is 0 Å². The first-order valence-electron chi connectivity index (χ1n) is 4.58. The molecule has 0 amide bonds. The van der Waals surface area contributed by atoms with Gasteiger partial charge in [-0.25, -0.2) is 9.53 Å². The molecule has 1 aliphatic heterocycles. The first-order valence-corrected chi connectivity index (χ1v) is 6.13. The van der Waals surface area contributed by atoms with E-state index in [1.54, 1.807) is 0 Å². The number of rotatable bonds is 3. The summed E-state index contributed by atoms with van der Waals surface area (Å²) in [5, 5.41) is 7.78. The van der Waals surface area contributed by atoms with E-state index in [9.17, 15) is 12.8 Å². The van der Waals surface area contributed by atoms with Crippen LogP contribution < -0.4 is 15.2 Å². The van der Waals surface area contributed by atoms with E-state index < -0.39 is 15.9 Å². The van der Waals surface area contributed by atoms with Gasteiger partial charge in [-0.15, -0.1) is 0 Å². The van der Waals surface area contributed by atoms with Crippen LogP contribution in [0.15, 0.2) is 0 Å². The van der Waals surface area contributed by atoms with Crippen LogP contribution in [0.4, 0.5) is 4.39 Å². The molecule has 0 aromatic heterocycles. The number of hydrogen-bond donors (Lipinski definition) is 3. The van der Waals surface area contributed by atoms with Crippen LogP contribution in [0.1, 0.15) is 19.3 Å². The predicted molar refractivity (Wildman–Crippen MR) is 51.7 cm³/mol. The van der Waals surface area contributed by atoms with E-state index in [0.717, 1.165) is 6.54 Å². The van der Waals surface area contributed by atoms with Gasteiger partial charge in [-0.3, -0.25) is 0 Å². The zero-order chi connectivity index (χ0) is 10.7. The first-order chi connectivity index (χ1) is 6.41. The Hall–Kier alpha value is -0.240. The molecule has 0 aromatic carbocycles. The van der Waals surface area contributed by atoms with E-state index in [-0.39, 0.29) is 6.54 Å². The van der Waals surface area contributed by atoms with Gasteiger partial charge >= 0.3 is 0 Å². The molecule has 84 valence electrons. The van der Waals surface area contributed by atoms with Gasteiger partial charge in [0.25, 0.3) is 10.2 Å². The standard InChI is InChI=1S/C7H16FN3O2S/c8-7(6-11-14(9,12)13)2-1-4-10-5-3-7/h10-11H,1-6H2,(H2,9,12,13). The molecule has 1 unspecified atom stereocenters. The second kappa shape index (κ2) is 4.52. The van der Waals surface area contributed by atoms with E-state index in [4.69, 9.17) is 5.14 Å². The second-order valence-electron chi connectivity index (χ2n) is 3.62. The van der Waals surface area contributed by atoms with Crippen molar-refractivity contribution in [2.75, 3.05) is 19.6 Å². The Balaban J connectivity index is 2.47. The normalized spacial score (nSPS) is 29.9. The zero-order valence-electron chi connectivity index (χ0n) is 7.92. The van der Waals surface area contributed by atoms with Crippen molar-refractivity contribution in [3.05, 3.63) is 0 Å². The van der Waals surface area contributed by atoms with Crippen LogP contribution in [-0.2, 0) is 10.2 Å². The molecule has 1 saturated heterocycles. The molecule has 1 rings (SSSR count). The lowest BCUT2D eigenvalue weighted by Gasteiger charge is -2.22. The lowest BCUT2D eigenvalue weighted by atomic mass is 9.97. The molecular weight excluding hydrogens is 209 g/mol. The average molecular weight is 225 g/mol. The van der Waals surface area contributed by atoms with Gasteiger partial charge in [-0.05, 0) is 32.4 Å². The van der Waals surface area contributed by atoms with Crippen molar-refractivity contribution in [1.29, 1.82) is 0 Å². The predicted octanol–water partition coefficient (Wildman–Crippen LogP) is -0.739.